The number of carbonyl (C=O) groups excluding carboxylic acids is 1. The third-order valence-corrected chi connectivity index (χ3v) is 4.26. The largest absolute Gasteiger partial charge is 0.488 e. The topological polar surface area (TPSA) is 76.1 Å². The second-order valence-electron chi connectivity index (χ2n) is 8.16. The fraction of sp³-hybridized carbons (Fsp3) is 0.600. The number of carboxylic acid groups (broad SMARTS) is 1. The smallest absolute Gasteiger partial charge is 0.411 e. The molecule has 0 unspecified atom stereocenters. The molecule has 0 aliphatic carbocycles. The van der Waals surface area contributed by atoms with E-state index in [-0.39, 0.29) is 25.0 Å². The molecule has 1 heterocycles. The number of hydrogen-bond donors (Lipinski definition) is 1. The van der Waals surface area contributed by atoms with E-state index in [1.165, 1.54) is 4.90 Å². The molecule has 0 spiro atoms. The van der Waals surface area contributed by atoms with Crippen LogP contribution in [-0.4, -0.2) is 46.4 Å². The molecule has 0 saturated carbocycles. The Balaban J connectivity index is 2.19. The van der Waals surface area contributed by atoms with Crippen molar-refractivity contribution >= 4 is 12.1 Å². The van der Waals surface area contributed by atoms with E-state index in [0.29, 0.717) is 0 Å². The van der Waals surface area contributed by atoms with Gasteiger partial charge in [-0.05, 0) is 50.8 Å². The Morgan fingerprint density at radius 2 is 1.92 bits per heavy atom. The molecule has 26 heavy (non-hydrogen) atoms. The van der Waals surface area contributed by atoms with Crippen LogP contribution >= 0.6 is 0 Å². The first-order valence-corrected chi connectivity index (χ1v) is 8.97. The highest BCUT2D eigenvalue weighted by Crippen LogP contribution is 2.31. The fourth-order valence-electron chi connectivity index (χ4n) is 3.04. The van der Waals surface area contributed by atoms with Gasteiger partial charge in [-0.3, -0.25) is 4.90 Å². The van der Waals surface area contributed by atoms with E-state index in [9.17, 15) is 14.7 Å². The summed E-state index contributed by atoms with van der Waals surface area (Å²) in [7, 11) is 0. The van der Waals surface area contributed by atoms with Crippen LogP contribution in [-0.2, 0) is 9.53 Å². The second kappa shape index (κ2) is 7.56. The Hall–Kier alpha value is -2.24. The van der Waals surface area contributed by atoms with Gasteiger partial charge in [0.1, 0.15) is 23.5 Å². The van der Waals surface area contributed by atoms with Crippen molar-refractivity contribution in [2.45, 2.75) is 71.6 Å². The summed E-state index contributed by atoms with van der Waals surface area (Å²) in [6, 6.07) is 5.08. The van der Waals surface area contributed by atoms with Crippen LogP contribution in [0.1, 0.15) is 58.1 Å². The quantitative estimate of drug-likeness (QED) is 0.876. The lowest BCUT2D eigenvalue weighted by molar-refractivity contribution is -0.142. The Bertz CT molecular complexity index is 677. The predicted molar refractivity (Wildman–Crippen MR) is 98.7 cm³/mol. The SMILES string of the molecule is Cc1ccc(C(C)C)c(O[C@H]2C[C@@H](C(=O)O)N(C(=O)OC(C)(C)C)C2)c1. The standard InChI is InChI=1S/C20H29NO5/c1-12(2)15-8-7-13(3)9-17(15)25-14-10-16(18(22)23)21(11-14)19(24)26-20(4,5)6/h7-9,12,14,16H,10-11H2,1-6H3,(H,22,23)/t14-,16-/m0/s1. The molecule has 6 nitrogen and oxygen atoms in total. The van der Waals surface area contributed by atoms with Gasteiger partial charge in [-0.2, -0.15) is 0 Å². The zero-order valence-electron chi connectivity index (χ0n) is 16.4. The van der Waals surface area contributed by atoms with Gasteiger partial charge < -0.3 is 14.6 Å². The highest BCUT2D eigenvalue weighted by molar-refractivity contribution is 5.81. The van der Waals surface area contributed by atoms with Gasteiger partial charge in [-0.15, -0.1) is 0 Å². The summed E-state index contributed by atoms with van der Waals surface area (Å²) in [6.45, 7) is 11.6. The molecule has 2 rings (SSSR count). The zero-order chi connectivity index (χ0) is 19.6. The van der Waals surface area contributed by atoms with Crippen LogP contribution in [0.15, 0.2) is 18.2 Å². The monoisotopic (exact) mass is 363 g/mol. The van der Waals surface area contributed by atoms with E-state index in [2.05, 4.69) is 13.8 Å². The number of ether oxygens (including phenoxy) is 2. The van der Waals surface area contributed by atoms with Gasteiger partial charge in [0.15, 0.2) is 0 Å². The Kier molecular flexibility index (Phi) is 5.84. The summed E-state index contributed by atoms with van der Waals surface area (Å²) < 4.78 is 11.5. The van der Waals surface area contributed by atoms with Crippen molar-refractivity contribution in [3.8, 4) is 5.75 Å². The van der Waals surface area contributed by atoms with Crippen LogP contribution in [0.5, 0.6) is 5.75 Å². The molecule has 1 fully saturated rings. The molecular weight excluding hydrogens is 334 g/mol. The number of aryl methyl sites for hydroxylation is 1. The van der Waals surface area contributed by atoms with Crippen LogP contribution in [0.4, 0.5) is 4.79 Å². The molecule has 0 radical (unpaired) electrons. The van der Waals surface area contributed by atoms with Gasteiger partial charge in [0, 0.05) is 6.42 Å². The maximum absolute atomic E-state index is 12.4. The maximum atomic E-state index is 12.4. The number of carboxylic acids is 1. The number of rotatable bonds is 4. The molecule has 0 bridgehead atoms. The summed E-state index contributed by atoms with van der Waals surface area (Å²) in [5.74, 6) is -0.0142. The van der Waals surface area contributed by atoms with Gasteiger partial charge in [-0.1, -0.05) is 26.0 Å². The Morgan fingerprint density at radius 3 is 2.46 bits per heavy atom. The molecule has 2 atom stereocenters. The summed E-state index contributed by atoms with van der Waals surface area (Å²) in [5.41, 5.74) is 1.46. The minimum absolute atomic E-state index is 0.192. The number of nitrogens with zero attached hydrogens (tertiary/aromatic N) is 1. The van der Waals surface area contributed by atoms with E-state index in [4.69, 9.17) is 9.47 Å². The molecule has 1 aliphatic rings. The van der Waals surface area contributed by atoms with Crippen LogP contribution in [0.25, 0.3) is 0 Å². The zero-order valence-corrected chi connectivity index (χ0v) is 16.4. The number of amides is 1. The van der Waals surface area contributed by atoms with Gasteiger partial charge >= 0.3 is 12.1 Å². The highest BCUT2D eigenvalue weighted by Gasteiger charge is 2.42. The van der Waals surface area contributed by atoms with Crippen molar-refractivity contribution in [3.05, 3.63) is 29.3 Å². The maximum Gasteiger partial charge on any atom is 0.411 e. The molecular formula is C20H29NO5. The van der Waals surface area contributed by atoms with Crippen molar-refractivity contribution < 1.29 is 24.2 Å². The number of benzene rings is 1. The summed E-state index contributed by atoms with van der Waals surface area (Å²) in [5, 5.41) is 9.50. The van der Waals surface area contributed by atoms with Crippen LogP contribution in [0.3, 0.4) is 0 Å². The van der Waals surface area contributed by atoms with Crippen LogP contribution in [0.2, 0.25) is 0 Å². The van der Waals surface area contributed by atoms with Crippen molar-refractivity contribution in [2.24, 2.45) is 0 Å². The second-order valence-corrected chi connectivity index (χ2v) is 8.16. The minimum atomic E-state index is -1.05. The predicted octanol–water partition coefficient (Wildman–Crippen LogP) is 3.96. The van der Waals surface area contributed by atoms with Gasteiger partial charge in [0.2, 0.25) is 0 Å². The summed E-state index contributed by atoms with van der Waals surface area (Å²) >= 11 is 0. The first-order chi connectivity index (χ1) is 12.0. The number of carbonyl (C=O) groups is 2. The van der Waals surface area contributed by atoms with Gasteiger partial charge in [0.05, 0.1) is 6.54 Å². The van der Waals surface area contributed by atoms with Crippen molar-refractivity contribution in [1.29, 1.82) is 0 Å². The molecule has 1 aliphatic heterocycles. The molecule has 144 valence electrons. The molecule has 1 aromatic carbocycles. The van der Waals surface area contributed by atoms with Crippen LogP contribution < -0.4 is 4.74 Å². The molecule has 1 amide bonds. The lowest BCUT2D eigenvalue weighted by Crippen LogP contribution is -2.43. The average molecular weight is 363 g/mol. The third kappa shape index (κ3) is 4.90. The van der Waals surface area contributed by atoms with Gasteiger partial charge in [0.25, 0.3) is 0 Å². The van der Waals surface area contributed by atoms with Crippen molar-refractivity contribution in [2.75, 3.05) is 6.54 Å². The average Bonchev–Trinajstić information content (AvgIpc) is 2.89. The molecule has 0 aromatic heterocycles. The van der Waals surface area contributed by atoms with Crippen molar-refractivity contribution in [1.82, 2.24) is 4.90 Å². The Labute approximate surface area is 155 Å². The van der Waals surface area contributed by atoms with E-state index in [1.54, 1.807) is 20.8 Å². The number of aliphatic carboxylic acids is 1. The third-order valence-electron chi connectivity index (χ3n) is 4.26. The van der Waals surface area contributed by atoms with Gasteiger partial charge in [-0.25, -0.2) is 9.59 Å². The normalized spacial score (nSPS) is 20.3. The molecule has 1 N–H and O–H groups in total. The fourth-order valence-corrected chi connectivity index (χ4v) is 3.04. The van der Waals surface area contributed by atoms with Crippen LogP contribution in [0, 0.1) is 6.92 Å². The first-order valence-electron chi connectivity index (χ1n) is 8.97. The van der Waals surface area contributed by atoms with E-state index < -0.39 is 23.7 Å². The molecule has 1 aromatic rings. The molecule has 1 saturated heterocycles. The Morgan fingerprint density at radius 1 is 1.27 bits per heavy atom. The minimum Gasteiger partial charge on any atom is -0.488 e. The number of likely N-dealkylation sites (tertiary alicyclic amines) is 1. The van der Waals surface area contributed by atoms with E-state index in [0.717, 1.165) is 16.9 Å². The van der Waals surface area contributed by atoms with E-state index in [1.807, 2.05) is 25.1 Å². The summed E-state index contributed by atoms with van der Waals surface area (Å²) in [6.07, 6.45) is -0.771. The lowest BCUT2D eigenvalue weighted by Gasteiger charge is -2.26. The summed E-state index contributed by atoms with van der Waals surface area (Å²) in [4.78, 5) is 25.2. The molecule has 6 heteroatoms. The van der Waals surface area contributed by atoms with Crippen molar-refractivity contribution in [3.63, 3.8) is 0 Å². The first kappa shape index (κ1) is 20.1. The van der Waals surface area contributed by atoms with E-state index >= 15 is 0 Å². The number of hydrogen-bond acceptors (Lipinski definition) is 4. The highest BCUT2D eigenvalue weighted by atomic mass is 16.6. The lowest BCUT2D eigenvalue weighted by atomic mass is 10.0.